The van der Waals surface area contributed by atoms with Gasteiger partial charge in [-0.3, -0.25) is 9.59 Å². The van der Waals surface area contributed by atoms with E-state index in [9.17, 15) is 18.4 Å². The Balaban J connectivity index is 0.00000176. The Morgan fingerprint density at radius 1 is 1.41 bits per heavy atom. The van der Waals surface area contributed by atoms with Crippen molar-refractivity contribution >= 4 is 24.2 Å². The van der Waals surface area contributed by atoms with Crippen molar-refractivity contribution in [2.75, 3.05) is 13.7 Å². The van der Waals surface area contributed by atoms with E-state index in [2.05, 4.69) is 10.1 Å². The van der Waals surface area contributed by atoms with Gasteiger partial charge in [0.05, 0.1) is 13.2 Å². The maximum atomic E-state index is 13.9. The molecule has 1 saturated heterocycles. The number of carbonyl (C=O) groups excluding carboxylic acids is 2. The summed E-state index contributed by atoms with van der Waals surface area (Å²) in [6.07, 6.45) is 0.324. The number of ether oxygens (including phenoxy) is 1. The highest BCUT2D eigenvalue weighted by molar-refractivity contribution is 5.99. The molecule has 0 radical (unpaired) electrons. The first-order valence-corrected chi connectivity index (χ1v) is 6.76. The highest BCUT2D eigenvalue weighted by Gasteiger charge is 2.65. The van der Waals surface area contributed by atoms with Crippen molar-refractivity contribution in [2.45, 2.75) is 24.3 Å². The summed E-state index contributed by atoms with van der Waals surface area (Å²) >= 11 is 0. The topological polar surface area (TPSA) is 55.4 Å². The van der Waals surface area contributed by atoms with Crippen molar-refractivity contribution in [2.24, 2.45) is 5.92 Å². The fourth-order valence-electron chi connectivity index (χ4n) is 3.35. The molecule has 0 aromatic heterocycles. The third-order valence-electron chi connectivity index (χ3n) is 4.53. The highest BCUT2D eigenvalue weighted by atomic mass is 35.5. The van der Waals surface area contributed by atoms with Crippen molar-refractivity contribution in [3.05, 3.63) is 35.4 Å². The Bertz CT molecular complexity index is 625. The second-order valence-electron chi connectivity index (χ2n) is 5.67. The second-order valence-corrected chi connectivity index (χ2v) is 5.67. The fraction of sp³-hybridized carbons (Fsp3) is 0.467. The van der Waals surface area contributed by atoms with Gasteiger partial charge in [-0.2, -0.15) is 0 Å². The highest BCUT2D eigenvalue weighted by Crippen LogP contribution is 2.59. The molecule has 2 aliphatic rings. The number of rotatable bonds is 4. The molecule has 3 atom stereocenters. The zero-order valence-corrected chi connectivity index (χ0v) is 12.7. The van der Waals surface area contributed by atoms with Crippen molar-refractivity contribution < 1.29 is 23.1 Å². The first kappa shape index (κ1) is 16.8. The lowest BCUT2D eigenvalue weighted by atomic mass is 9.93. The van der Waals surface area contributed by atoms with Gasteiger partial charge in [0.25, 0.3) is 0 Å². The van der Waals surface area contributed by atoms with Crippen LogP contribution in [0.4, 0.5) is 8.78 Å². The summed E-state index contributed by atoms with van der Waals surface area (Å²) in [5, 5.41) is 3.02. The molecule has 120 valence electrons. The van der Waals surface area contributed by atoms with Gasteiger partial charge in [-0.05, 0) is 36.1 Å². The number of hydrogen-bond donors (Lipinski definition) is 1. The molecule has 4 nitrogen and oxygen atoms in total. The van der Waals surface area contributed by atoms with E-state index in [4.69, 9.17) is 0 Å². The van der Waals surface area contributed by atoms with E-state index >= 15 is 0 Å². The minimum Gasteiger partial charge on any atom is -0.469 e. The molecule has 1 aliphatic heterocycles. The molecule has 1 aromatic carbocycles. The summed E-state index contributed by atoms with van der Waals surface area (Å²) in [5.74, 6) is -1.89. The summed E-state index contributed by atoms with van der Waals surface area (Å²) in [4.78, 5) is 23.2. The van der Waals surface area contributed by atoms with E-state index in [1.165, 1.54) is 13.2 Å². The van der Waals surface area contributed by atoms with Crippen LogP contribution in [0, 0.1) is 17.6 Å². The van der Waals surface area contributed by atoms with E-state index in [1.807, 2.05) is 0 Å². The maximum Gasteiger partial charge on any atom is 0.313 e. The summed E-state index contributed by atoms with van der Waals surface area (Å²) in [6, 6.07) is 2.89. The van der Waals surface area contributed by atoms with Crippen molar-refractivity contribution in [3.63, 3.8) is 0 Å². The van der Waals surface area contributed by atoms with E-state index in [-0.39, 0.29) is 30.5 Å². The Kier molecular flexibility index (Phi) is 4.54. The zero-order chi connectivity index (χ0) is 15.2. The first-order chi connectivity index (χ1) is 9.98. The molecular weight excluding hydrogens is 316 g/mol. The molecule has 3 rings (SSSR count). The molecule has 0 spiro atoms. The lowest BCUT2D eigenvalue weighted by molar-refractivity contribution is -0.143. The number of nitrogens with one attached hydrogen (secondary N) is 1. The number of carbonyl (C=O) groups is 2. The summed E-state index contributed by atoms with van der Waals surface area (Å²) in [7, 11) is 1.22. The van der Waals surface area contributed by atoms with Crippen LogP contribution in [-0.2, 0) is 19.7 Å². The van der Waals surface area contributed by atoms with Crippen LogP contribution in [0.2, 0.25) is 0 Å². The van der Waals surface area contributed by atoms with Crippen LogP contribution < -0.4 is 5.32 Å². The molecule has 1 saturated carbocycles. The Morgan fingerprint density at radius 2 is 2.14 bits per heavy atom. The SMILES string of the molecule is COC(=O)CC(=O)C1NC[C@@]2(c3cc(F)ccc3F)C[C@@H]12.Cl. The predicted molar refractivity (Wildman–Crippen MR) is 76.8 cm³/mol. The summed E-state index contributed by atoms with van der Waals surface area (Å²) < 4.78 is 31.8. The standard InChI is InChI=1S/C15H15F2NO3.ClH/c1-21-13(20)5-12(19)14-10-6-15(10,7-18-14)9-4-8(16)2-3-11(9)17;/h2-4,10,14,18H,5-7H2,1H3;1H/t10-,14?,15+;/m0./s1. The fourth-order valence-corrected chi connectivity index (χ4v) is 3.35. The molecule has 2 fully saturated rings. The lowest BCUT2D eigenvalue weighted by Gasteiger charge is -2.13. The molecule has 7 heteroatoms. The number of halogens is 3. The number of esters is 1. The monoisotopic (exact) mass is 331 g/mol. The quantitative estimate of drug-likeness (QED) is 0.674. The lowest BCUT2D eigenvalue weighted by Crippen LogP contribution is -2.36. The van der Waals surface area contributed by atoms with Gasteiger partial charge in [0.2, 0.25) is 0 Å². The molecule has 1 aromatic rings. The van der Waals surface area contributed by atoms with Gasteiger partial charge in [-0.25, -0.2) is 8.78 Å². The van der Waals surface area contributed by atoms with Crippen LogP contribution in [0.1, 0.15) is 18.4 Å². The minimum atomic E-state index is -0.586. The number of fused-ring (bicyclic) bond motifs is 1. The number of methoxy groups -OCH3 is 1. The normalized spacial score (nSPS) is 28.5. The van der Waals surface area contributed by atoms with Gasteiger partial charge in [0.1, 0.15) is 18.1 Å². The van der Waals surface area contributed by atoms with Crippen molar-refractivity contribution in [1.29, 1.82) is 0 Å². The first-order valence-electron chi connectivity index (χ1n) is 6.76. The second kappa shape index (κ2) is 5.93. The minimum absolute atomic E-state index is 0. The average molecular weight is 332 g/mol. The molecule has 22 heavy (non-hydrogen) atoms. The molecule has 0 bridgehead atoms. The Morgan fingerprint density at radius 3 is 2.77 bits per heavy atom. The van der Waals surface area contributed by atoms with Gasteiger partial charge in [-0.15, -0.1) is 12.4 Å². The number of Topliss-reactive ketones (excluding diaryl/α,β-unsaturated/α-hetero) is 1. The summed E-state index contributed by atoms with van der Waals surface area (Å²) in [5.41, 5.74) is -0.212. The number of piperidine rings is 1. The Labute approximate surface area is 132 Å². The summed E-state index contributed by atoms with van der Waals surface area (Å²) in [6.45, 7) is 0.412. The molecule has 0 amide bonds. The van der Waals surface area contributed by atoms with E-state index in [0.717, 1.165) is 12.1 Å². The van der Waals surface area contributed by atoms with Crippen LogP contribution in [-0.4, -0.2) is 31.4 Å². The van der Waals surface area contributed by atoms with Crippen LogP contribution in [0.15, 0.2) is 18.2 Å². The van der Waals surface area contributed by atoms with E-state index in [1.54, 1.807) is 0 Å². The third-order valence-corrected chi connectivity index (χ3v) is 4.53. The molecular formula is C15H16ClF2NO3. The van der Waals surface area contributed by atoms with Gasteiger partial charge >= 0.3 is 5.97 Å². The number of ketones is 1. The third kappa shape index (κ3) is 2.61. The molecule has 1 heterocycles. The van der Waals surface area contributed by atoms with Gasteiger partial charge in [0.15, 0.2) is 5.78 Å². The Hall–Kier alpha value is -1.53. The molecule has 1 unspecified atom stereocenters. The van der Waals surface area contributed by atoms with Crippen molar-refractivity contribution in [1.82, 2.24) is 5.32 Å². The van der Waals surface area contributed by atoms with Crippen LogP contribution in [0.25, 0.3) is 0 Å². The smallest absolute Gasteiger partial charge is 0.313 e. The largest absolute Gasteiger partial charge is 0.469 e. The number of hydrogen-bond acceptors (Lipinski definition) is 4. The van der Waals surface area contributed by atoms with Gasteiger partial charge < -0.3 is 10.1 Å². The van der Waals surface area contributed by atoms with Crippen molar-refractivity contribution in [3.8, 4) is 0 Å². The average Bonchev–Trinajstić information content (AvgIpc) is 3.07. The van der Waals surface area contributed by atoms with Gasteiger partial charge in [0, 0.05) is 12.0 Å². The van der Waals surface area contributed by atoms with Crippen LogP contribution in [0.5, 0.6) is 0 Å². The maximum absolute atomic E-state index is 13.9. The predicted octanol–water partition coefficient (Wildman–Crippen LogP) is 1.75. The van der Waals surface area contributed by atoms with E-state index < -0.39 is 29.1 Å². The van der Waals surface area contributed by atoms with Gasteiger partial charge in [-0.1, -0.05) is 0 Å². The van der Waals surface area contributed by atoms with E-state index in [0.29, 0.717) is 18.5 Å². The zero-order valence-electron chi connectivity index (χ0n) is 11.9. The molecule has 1 aliphatic carbocycles. The van der Waals surface area contributed by atoms with Crippen LogP contribution in [0.3, 0.4) is 0 Å². The van der Waals surface area contributed by atoms with Crippen LogP contribution >= 0.6 is 12.4 Å². The number of benzene rings is 1. The molecule has 1 N–H and O–H groups in total.